The molecule has 0 radical (unpaired) electrons. The first-order valence-electron chi connectivity index (χ1n) is 7.97. The van der Waals surface area contributed by atoms with Crippen LogP contribution in [0, 0.1) is 10.1 Å². The maximum absolute atomic E-state index is 12.6. The van der Waals surface area contributed by atoms with Crippen LogP contribution in [0.5, 0.6) is 0 Å². The van der Waals surface area contributed by atoms with Gasteiger partial charge in [0.1, 0.15) is 0 Å². The van der Waals surface area contributed by atoms with Crippen LogP contribution in [-0.2, 0) is 16.6 Å². The summed E-state index contributed by atoms with van der Waals surface area (Å²) in [5.41, 5.74) is 1.39. The van der Waals surface area contributed by atoms with E-state index in [1.54, 1.807) is 30.3 Å². The summed E-state index contributed by atoms with van der Waals surface area (Å²) in [4.78, 5) is 22.0. The minimum atomic E-state index is -4.09. The topological polar surface area (TPSA) is 118 Å². The van der Waals surface area contributed by atoms with E-state index in [0.29, 0.717) is 16.8 Å². The Kier molecular flexibility index (Phi) is 3.90. The Bertz CT molecular complexity index is 1220. The van der Waals surface area contributed by atoms with Crippen LogP contribution < -0.4 is 10.0 Å². The summed E-state index contributed by atoms with van der Waals surface area (Å²) in [6.45, 7) is -0.0667. The summed E-state index contributed by atoms with van der Waals surface area (Å²) in [6, 6.07) is 13.8. The van der Waals surface area contributed by atoms with Crippen LogP contribution in [0.1, 0.15) is 15.9 Å². The molecule has 0 unspecified atom stereocenters. The number of anilines is 1. The predicted molar refractivity (Wildman–Crippen MR) is 99.0 cm³/mol. The number of nitro groups is 1. The molecule has 1 aliphatic heterocycles. The van der Waals surface area contributed by atoms with Crippen molar-refractivity contribution < 1.29 is 18.1 Å². The number of para-hydroxylation sites is 1. The van der Waals surface area contributed by atoms with E-state index in [1.165, 1.54) is 18.2 Å². The van der Waals surface area contributed by atoms with Gasteiger partial charge in [-0.3, -0.25) is 14.9 Å². The van der Waals surface area contributed by atoms with E-state index in [2.05, 4.69) is 10.0 Å². The second-order valence-corrected chi connectivity index (χ2v) is 7.74. The van der Waals surface area contributed by atoms with Gasteiger partial charge in [-0.25, -0.2) is 13.1 Å². The Morgan fingerprint density at radius 2 is 1.81 bits per heavy atom. The number of nitrogens with zero attached hydrogens (tertiary/aromatic N) is 1. The third-order valence-electron chi connectivity index (χ3n) is 4.43. The molecule has 3 aromatic carbocycles. The van der Waals surface area contributed by atoms with Crippen LogP contribution in [0.2, 0.25) is 0 Å². The van der Waals surface area contributed by atoms with Crippen LogP contribution in [0.3, 0.4) is 0 Å². The summed E-state index contributed by atoms with van der Waals surface area (Å²) in [6.07, 6.45) is 0. The lowest BCUT2D eigenvalue weighted by Gasteiger charge is -2.10. The first-order valence-corrected chi connectivity index (χ1v) is 9.46. The largest absolute Gasteiger partial charge is 0.321 e. The monoisotopic (exact) mass is 383 g/mol. The SMILES string of the molecule is O=C1Nc2ccc(CNS(=O)(=O)c3ccccc3[N+](=O)[O-])c3cccc1c23. The van der Waals surface area contributed by atoms with Crippen molar-refractivity contribution in [1.29, 1.82) is 0 Å². The average Bonchev–Trinajstić information content (AvgIpc) is 2.99. The minimum Gasteiger partial charge on any atom is -0.321 e. The zero-order chi connectivity index (χ0) is 19.2. The number of nitro benzene ring substituents is 1. The van der Waals surface area contributed by atoms with Gasteiger partial charge in [-0.2, -0.15) is 0 Å². The van der Waals surface area contributed by atoms with Crippen LogP contribution in [-0.4, -0.2) is 19.2 Å². The maximum atomic E-state index is 12.6. The van der Waals surface area contributed by atoms with Gasteiger partial charge >= 0.3 is 0 Å². The van der Waals surface area contributed by atoms with Gasteiger partial charge in [0.2, 0.25) is 10.0 Å². The van der Waals surface area contributed by atoms with Gasteiger partial charge in [0.25, 0.3) is 11.6 Å². The van der Waals surface area contributed by atoms with Gasteiger partial charge in [-0.1, -0.05) is 30.3 Å². The molecule has 1 amide bonds. The molecule has 3 aromatic rings. The van der Waals surface area contributed by atoms with Crippen molar-refractivity contribution in [2.75, 3.05) is 5.32 Å². The van der Waals surface area contributed by atoms with E-state index in [-0.39, 0.29) is 12.5 Å². The van der Waals surface area contributed by atoms with Crippen LogP contribution in [0.4, 0.5) is 11.4 Å². The zero-order valence-corrected chi connectivity index (χ0v) is 14.6. The number of nitrogens with one attached hydrogen (secondary N) is 2. The Labute approximate surface area is 154 Å². The van der Waals surface area contributed by atoms with Crippen molar-refractivity contribution in [2.24, 2.45) is 0 Å². The number of rotatable bonds is 5. The molecular formula is C18H13N3O5S. The summed E-state index contributed by atoms with van der Waals surface area (Å²) in [5.74, 6) is -0.201. The number of benzene rings is 3. The van der Waals surface area contributed by atoms with E-state index in [4.69, 9.17) is 0 Å². The highest BCUT2D eigenvalue weighted by atomic mass is 32.2. The maximum Gasteiger partial charge on any atom is 0.289 e. The molecule has 0 aliphatic carbocycles. The van der Waals surface area contributed by atoms with E-state index in [1.807, 2.05) is 0 Å². The van der Waals surface area contributed by atoms with Gasteiger partial charge in [0, 0.05) is 29.2 Å². The van der Waals surface area contributed by atoms with Gasteiger partial charge in [0.05, 0.1) is 4.92 Å². The number of hydrogen-bond donors (Lipinski definition) is 2. The Hall–Kier alpha value is -3.30. The lowest BCUT2D eigenvalue weighted by molar-refractivity contribution is -0.387. The minimum absolute atomic E-state index is 0.0667. The molecule has 0 fully saturated rings. The predicted octanol–water partition coefficient (Wildman–Crippen LogP) is 2.79. The van der Waals surface area contributed by atoms with Gasteiger partial charge in [-0.15, -0.1) is 0 Å². The van der Waals surface area contributed by atoms with Crippen molar-refractivity contribution >= 4 is 38.1 Å². The molecule has 0 saturated heterocycles. The van der Waals surface area contributed by atoms with Gasteiger partial charge in [0.15, 0.2) is 4.90 Å². The Morgan fingerprint density at radius 1 is 1.04 bits per heavy atom. The molecule has 2 N–H and O–H groups in total. The summed E-state index contributed by atoms with van der Waals surface area (Å²) >= 11 is 0. The molecular weight excluding hydrogens is 370 g/mol. The molecule has 4 rings (SSSR count). The highest BCUT2D eigenvalue weighted by molar-refractivity contribution is 7.89. The molecule has 0 spiro atoms. The van der Waals surface area contributed by atoms with Crippen molar-refractivity contribution in [3.8, 4) is 0 Å². The van der Waals surface area contributed by atoms with Crippen LogP contribution in [0.15, 0.2) is 59.5 Å². The fourth-order valence-electron chi connectivity index (χ4n) is 3.19. The highest BCUT2D eigenvalue weighted by Gasteiger charge is 2.26. The second kappa shape index (κ2) is 6.15. The molecule has 0 aromatic heterocycles. The number of amides is 1. The number of hydrogen-bond acceptors (Lipinski definition) is 5. The molecule has 0 atom stereocenters. The first-order chi connectivity index (χ1) is 12.9. The van der Waals surface area contributed by atoms with Crippen LogP contribution in [0.25, 0.3) is 10.8 Å². The molecule has 1 aliphatic rings. The molecule has 0 bridgehead atoms. The van der Waals surface area contributed by atoms with Crippen molar-refractivity contribution in [1.82, 2.24) is 4.72 Å². The van der Waals surface area contributed by atoms with E-state index in [9.17, 15) is 23.3 Å². The number of carbonyl (C=O) groups excluding carboxylic acids is 1. The quantitative estimate of drug-likeness (QED) is 0.519. The summed E-state index contributed by atoms with van der Waals surface area (Å²) < 4.78 is 27.6. The summed E-state index contributed by atoms with van der Waals surface area (Å²) in [5, 5.41) is 15.4. The van der Waals surface area contributed by atoms with E-state index in [0.717, 1.165) is 16.8 Å². The number of sulfonamides is 1. The van der Waals surface area contributed by atoms with Gasteiger partial charge < -0.3 is 5.32 Å². The molecule has 1 heterocycles. The zero-order valence-electron chi connectivity index (χ0n) is 13.8. The molecule has 136 valence electrons. The van der Waals surface area contributed by atoms with E-state index < -0.39 is 25.5 Å². The first kappa shape index (κ1) is 17.1. The number of carbonyl (C=O) groups is 1. The lowest BCUT2D eigenvalue weighted by atomic mass is 10.0. The molecule has 8 nitrogen and oxygen atoms in total. The lowest BCUT2D eigenvalue weighted by Crippen LogP contribution is -2.24. The normalized spacial score (nSPS) is 13.0. The third-order valence-corrected chi connectivity index (χ3v) is 5.88. The third kappa shape index (κ3) is 2.82. The van der Waals surface area contributed by atoms with Crippen molar-refractivity contribution in [3.63, 3.8) is 0 Å². The smallest absolute Gasteiger partial charge is 0.289 e. The fourth-order valence-corrected chi connectivity index (χ4v) is 4.37. The van der Waals surface area contributed by atoms with Gasteiger partial charge in [-0.05, 0) is 29.1 Å². The molecule has 9 heteroatoms. The Balaban J connectivity index is 1.70. The Morgan fingerprint density at radius 3 is 2.59 bits per heavy atom. The molecule has 0 saturated carbocycles. The molecule has 27 heavy (non-hydrogen) atoms. The van der Waals surface area contributed by atoms with E-state index >= 15 is 0 Å². The average molecular weight is 383 g/mol. The van der Waals surface area contributed by atoms with Crippen molar-refractivity contribution in [3.05, 3.63) is 75.8 Å². The summed E-state index contributed by atoms with van der Waals surface area (Å²) in [7, 11) is -4.09. The second-order valence-electron chi connectivity index (χ2n) is 6.00. The van der Waals surface area contributed by atoms with Crippen LogP contribution >= 0.6 is 0 Å². The highest BCUT2D eigenvalue weighted by Crippen LogP contribution is 2.35. The fraction of sp³-hybridized carbons (Fsp3) is 0.0556. The van der Waals surface area contributed by atoms with Crippen molar-refractivity contribution in [2.45, 2.75) is 11.4 Å². The standard InChI is InChI=1S/C18H13N3O5S/c22-18-13-5-3-4-12-11(8-9-14(20-18)17(12)13)10-19-27(25,26)16-7-2-1-6-15(16)21(23)24/h1-9,19H,10H2,(H,20,22).